The molecule has 29 heavy (non-hydrogen) atoms. The van der Waals surface area contributed by atoms with Crippen LogP contribution in [0.3, 0.4) is 0 Å². The van der Waals surface area contributed by atoms with Crippen LogP contribution < -0.4 is 10.6 Å². The molecule has 1 unspecified atom stereocenters. The Bertz CT molecular complexity index is 527. The average molecular weight is 407 g/mol. The van der Waals surface area contributed by atoms with E-state index in [4.69, 9.17) is 0 Å². The molecule has 3 aliphatic rings. The highest BCUT2D eigenvalue weighted by Crippen LogP contribution is 2.28. The molecule has 0 aromatic carbocycles. The van der Waals surface area contributed by atoms with Gasteiger partial charge in [-0.25, -0.2) is 0 Å². The number of hydrogen-bond acceptors (Lipinski definition) is 4. The van der Waals surface area contributed by atoms with Gasteiger partial charge in [0.2, 0.25) is 5.91 Å². The number of carbonyl (C=O) groups is 1. The first-order valence-electron chi connectivity index (χ1n) is 11.9. The smallest absolute Gasteiger partial charge is 0.225 e. The van der Waals surface area contributed by atoms with Gasteiger partial charge in [-0.1, -0.05) is 19.8 Å². The monoisotopic (exact) mass is 406 g/mol. The minimum absolute atomic E-state index is 0.329. The van der Waals surface area contributed by atoms with E-state index in [0.717, 1.165) is 77.2 Å². The van der Waals surface area contributed by atoms with E-state index < -0.39 is 0 Å². The van der Waals surface area contributed by atoms with Crippen molar-refractivity contribution in [2.45, 2.75) is 57.9 Å². The van der Waals surface area contributed by atoms with Gasteiger partial charge in [-0.2, -0.15) is 0 Å². The van der Waals surface area contributed by atoms with E-state index in [1.165, 1.54) is 38.6 Å². The number of piperazine rings is 1. The molecule has 2 saturated heterocycles. The predicted octanol–water partition coefficient (Wildman–Crippen LogP) is 1.36. The maximum absolute atomic E-state index is 12.4. The minimum atomic E-state index is 0.329. The Kier molecular flexibility index (Phi) is 9.05. The van der Waals surface area contributed by atoms with Crippen LogP contribution in [0.25, 0.3) is 0 Å². The standard InChI is InChI=1S/C22H42N6O/c1-3-20-9-4-5-12-27(20)14-11-25-22(23-2)24-10-13-26-15-17-28(18-16-26)21(29)19-7-6-8-19/h19-20H,3-18H2,1-2H3,(H2,23,24,25). The molecule has 166 valence electrons. The quantitative estimate of drug-likeness (QED) is 0.471. The first-order valence-corrected chi connectivity index (χ1v) is 11.9. The van der Waals surface area contributed by atoms with Crippen molar-refractivity contribution in [3.8, 4) is 0 Å². The molecule has 0 radical (unpaired) electrons. The molecule has 7 heteroatoms. The van der Waals surface area contributed by atoms with Gasteiger partial charge in [0.15, 0.2) is 5.96 Å². The largest absolute Gasteiger partial charge is 0.355 e. The molecule has 3 rings (SSSR count). The fourth-order valence-electron chi connectivity index (χ4n) is 4.79. The zero-order valence-electron chi connectivity index (χ0n) is 18.7. The summed E-state index contributed by atoms with van der Waals surface area (Å²) in [4.78, 5) is 23.9. The Morgan fingerprint density at radius 3 is 2.28 bits per heavy atom. The molecule has 1 aliphatic carbocycles. The predicted molar refractivity (Wildman–Crippen MR) is 119 cm³/mol. The number of aliphatic imine (C=N–C) groups is 1. The molecule has 1 saturated carbocycles. The number of hydrogen-bond donors (Lipinski definition) is 2. The van der Waals surface area contributed by atoms with Crippen LogP contribution >= 0.6 is 0 Å². The molecule has 2 N–H and O–H groups in total. The van der Waals surface area contributed by atoms with E-state index in [1.807, 2.05) is 7.05 Å². The Hall–Kier alpha value is -1.34. The number of piperidine rings is 1. The van der Waals surface area contributed by atoms with Gasteiger partial charge in [0.05, 0.1) is 0 Å². The molecule has 7 nitrogen and oxygen atoms in total. The van der Waals surface area contributed by atoms with Gasteiger partial charge in [-0.3, -0.25) is 19.6 Å². The summed E-state index contributed by atoms with van der Waals surface area (Å²) in [6, 6.07) is 0.760. The summed E-state index contributed by atoms with van der Waals surface area (Å²) in [5, 5.41) is 6.92. The summed E-state index contributed by atoms with van der Waals surface area (Å²) in [7, 11) is 1.84. The summed E-state index contributed by atoms with van der Waals surface area (Å²) in [5.74, 6) is 1.63. The second-order valence-electron chi connectivity index (χ2n) is 8.81. The first kappa shape index (κ1) is 22.3. The van der Waals surface area contributed by atoms with Crippen molar-refractivity contribution in [1.82, 2.24) is 25.3 Å². The van der Waals surface area contributed by atoms with E-state index in [9.17, 15) is 4.79 Å². The SMILES string of the molecule is CCC1CCCCN1CCNC(=NC)NCCN1CCN(C(=O)C2CCC2)CC1. The lowest BCUT2D eigenvalue weighted by Gasteiger charge is -2.38. The van der Waals surface area contributed by atoms with Crippen LogP contribution in [0.1, 0.15) is 51.9 Å². The van der Waals surface area contributed by atoms with Crippen molar-refractivity contribution in [3.05, 3.63) is 0 Å². The lowest BCUT2D eigenvalue weighted by atomic mass is 9.84. The lowest BCUT2D eigenvalue weighted by molar-refractivity contribution is -0.139. The second-order valence-corrected chi connectivity index (χ2v) is 8.81. The van der Waals surface area contributed by atoms with Gasteiger partial charge in [0, 0.05) is 71.4 Å². The topological polar surface area (TPSA) is 63.2 Å². The van der Waals surface area contributed by atoms with Gasteiger partial charge >= 0.3 is 0 Å². The third kappa shape index (κ3) is 6.57. The summed E-state index contributed by atoms with van der Waals surface area (Å²) in [6.07, 6.45) is 8.76. The number of carbonyl (C=O) groups excluding carboxylic acids is 1. The van der Waals surface area contributed by atoms with Crippen LogP contribution in [0.4, 0.5) is 0 Å². The first-order chi connectivity index (χ1) is 14.2. The number of nitrogens with one attached hydrogen (secondary N) is 2. The normalized spacial score (nSPS) is 25.0. The van der Waals surface area contributed by atoms with E-state index in [1.54, 1.807) is 0 Å². The van der Waals surface area contributed by atoms with Gasteiger partial charge in [0.1, 0.15) is 0 Å². The van der Waals surface area contributed by atoms with Crippen LogP contribution in [0.15, 0.2) is 4.99 Å². The highest BCUT2D eigenvalue weighted by molar-refractivity contribution is 5.80. The molecule has 2 aliphatic heterocycles. The van der Waals surface area contributed by atoms with Crippen LogP contribution in [0.5, 0.6) is 0 Å². The number of guanidine groups is 1. The van der Waals surface area contributed by atoms with Crippen LogP contribution in [0, 0.1) is 5.92 Å². The van der Waals surface area contributed by atoms with Crippen LogP contribution in [-0.4, -0.2) is 98.6 Å². The van der Waals surface area contributed by atoms with Crippen molar-refractivity contribution in [2.75, 3.05) is 66.0 Å². The summed E-state index contributed by atoms with van der Waals surface area (Å²) >= 11 is 0. The maximum Gasteiger partial charge on any atom is 0.225 e. The third-order valence-electron chi connectivity index (χ3n) is 6.99. The van der Waals surface area contributed by atoms with Crippen molar-refractivity contribution in [3.63, 3.8) is 0 Å². The zero-order valence-corrected chi connectivity index (χ0v) is 18.7. The Balaban J connectivity index is 1.27. The van der Waals surface area contributed by atoms with Crippen molar-refractivity contribution in [1.29, 1.82) is 0 Å². The average Bonchev–Trinajstić information content (AvgIpc) is 2.72. The van der Waals surface area contributed by atoms with Crippen molar-refractivity contribution < 1.29 is 4.79 Å². The number of nitrogens with zero attached hydrogens (tertiary/aromatic N) is 4. The van der Waals surface area contributed by atoms with Gasteiger partial charge in [-0.05, 0) is 38.6 Å². The summed E-state index contributed by atoms with van der Waals surface area (Å²) in [5.41, 5.74) is 0. The minimum Gasteiger partial charge on any atom is -0.355 e. The number of rotatable bonds is 8. The van der Waals surface area contributed by atoms with E-state index in [2.05, 4.69) is 37.2 Å². The maximum atomic E-state index is 12.4. The molecule has 0 bridgehead atoms. The zero-order chi connectivity index (χ0) is 20.5. The van der Waals surface area contributed by atoms with Gasteiger partial charge < -0.3 is 15.5 Å². The second kappa shape index (κ2) is 11.7. The lowest BCUT2D eigenvalue weighted by Crippen LogP contribution is -2.52. The van der Waals surface area contributed by atoms with E-state index >= 15 is 0 Å². The van der Waals surface area contributed by atoms with Crippen LogP contribution in [0.2, 0.25) is 0 Å². The molecular formula is C22H42N6O. The Morgan fingerprint density at radius 1 is 0.931 bits per heavy atom. The molecule has 3 fully saturated rings. The molecule has 0 spiro atoms. The molecule has 0 aromatic heterocycles. The van der Waals surface area contributed by atoms with E-state index in [-0.39, 0.29) is 0 Å². The fraction of sp³-hybridized carbons (Fsp3) is 0.909. The molecule has 1 atom stereocenters. The fourth-order valence-corrected chi connectivity index (χ4v) is 4.79. The Labute approximate surface area is 177 Å². The number of amides is 1. The molecular weight excluding hydrogens is 364 g/mol. The van der Waals surface area contributed by atoms with Gasteiger partial charge in [-0.15, -0.1) is 0 Å². The molecule has 1 amide bonds. The van der Waals surface area contributed by atoms with Crippen molar-refractivity contribution >= 4 is 11.9 Å². The summed E-state index contributed by atoms with van der Waals surface area (Å²) in [6.45, 7) is 11.2. The van der Waals surface area contributed by atoms with Crippen molar-refractivity contribution in [2.24, 2.45) is 10.9 Å². The summed E-state index contributed by atoms with van der Waals surface area (Å²) < 4.78 is 0. The molecule has 0 aromatic rings. The molecule has 2 heterocycles. The third-order valence-corrected chi connectivity index (χ3v) is 6.99. The number of likely N-dealkylation sites (tertiary alicyclic amines) is 1. The highest BCUT2D eigenvalue weighted by Gasteiger charge is 2.31. The van der Waals surface area contributed by atoms with Crippen LogP contribution in [-0.2, 0) is 4.79 Å². The van der Waals surface area contributed by atoms with Gasteiger partial charge in [0.25, 0.3) is 0 Å². The highest BCUT2D eigenvalue weighted by atomic mass is 16.2. The Morgan fingerprint density at radius 2 is 1.66 bits per heavy atom. The van der Waals surface area contributed by atoms with E-state index in [0.29, 0.717) is 11.8 Å².